The van der Waals surface area contributed by atoms with Crippen LogP contribution >= 0.6 is 18.7 Å². The minimum absolute atomic E-state index is 1.45. The van der Waals surface area contributed by atoms with Crippen molar-refractivity contribution in [2.24, 2.45) is 0 Å². The fraction of sp³-hybridized carbons (Fsp3) is 0.500. The number of fused-ring (bicyclic) bond motifs is 1. The number of hydrogen-bond donors (Lipinski definition) is 0. The molecule has 0 saturated carbocycles. The standard InChI is InChI=1S/C12H17ITe/c1-4-14(13)7-11-5-9(2)10(3)6-12(11)8-14/h5-6H,4,7-8H2,1-3H3. The van der Waals surface area contributed by atoms with E-state index in [-0.39, 0.29) is 0 Å². The van der Waals surface area contributed by atoms with Gasteiger partial charge in [-0.05, 0) is 0 Å². The summed E-state index contributed by atoms with van der Waals surface area (Å²) in [5.74, 6) is 0. The van der Waals surface area contributed by atoms with Crippen LogP contribution in [-0.2, 0) is 8.94 Å². The summed E-state index contributed by atoms with van der Waals surface area (Å²) in [6.07, 6.45) is 0. The zero-order chi connectivity index (χ0) is 10.3. The zero-order valence-electron chi connectivity index (χ0n) is 9.06. The summed E-state index contributed by atoms with van der Waals surface area (Å²) in [5, 5.41) is 0. The first-order valence-corrected chi connectivity index (χ1v) is 16.8. The maximum absolute atomic E-state index is 2.84. The van der Waals surface area contributed by atoms with Crippen LogP contribution in [0.2, 0.25) is 4.47 Å². The van der Waals surface area contributed by atoms with Crippen LogP contribution in [0.15, 0.2) is 12.1 Å². The average molecular weight is 416 g/mol. The Kier molecular flexibility index (Phi) is 3.17. The molecule has 1 heterocycles. The predicted octanol–water partition coefficient (Wildman–Crippen LogP) is 3.88. The van der Waals surface area contributed by atoms with Gasteiger partial charge in [-0.3, -0.25) is 0 Å². The van der Waals surface area contributed by atoms with Crippen molar-refractivity contribution in [3.63, 3.8) is 0 Å². The molecule has 0 radical (unpaired) electrons. The van der Waals surface area contributed by atoms with E-state index >= 15 is 0 Å². The molecule has 2 heteroatoms. The fourth-order valence-corrected chi connectivity index (χ4v) is 12.7. The van der Waals surface area contributed by atoms with Crippen molar-refractivity contribution in [1.82, 2.24) is 0 Å². The zero-order valence-corrected chi connectivity index (χ0v) is 13.6. The molecule has 0 saturated heterocycles. The van der Waals surface area contributed by atoms with Crippen molar-refractivity contribution in [2.45, 2.75) is 34.2 Å². The number of halogens is 1. The van der Waals surface area contributed by atoms with Gasteiger partial charge in [0.05, 0.1) is 0 Å². The van der Waals surface area contributed by atoms with E-state index in [2.05, 4.69) is 51.6 Å². The van der Waals surface area contributed by atoms with Crippen LogP contribution in [0.1, 0.15) is 29.2 Å². The summed E-state index contributed by atoms with van der Waals surface area (Å²) >= 11 is 1.37. The SMILES string of the molecule is CC[Te]1(I)Cc2cc(C)c(C)cc2C1. The van der Waals surface area contributed by atoms with Crippen molar-refractivity contribution < 1.29 is 0 Å². The van der Waals surface area contributed by atoms with E-state index in [0.717, 1.165) is 0 Å². The van der Waals surface area contributed by atoms with Crippen molar-refractivity contribution in [3.8, 4) is 0 Å². The second kappa shape index (κ2) is 3.96. The van der Waals surface area contributed by atoms with E-state index < -0.39 is 14.2 Å². The van der Waals surface area contributed by atoms with Crippen LogP contribution < -0.4 is 0 Å². The molecule has 0 atom stereocenters. The van der Waals surface area contributed by atoms with E-state index in [1.807, 2.05) is 0 Å². The number of aryl methyl sites for hydroxylation is 2. The van der Waals surface area contributed by atoms with Gasteiger partial charge >= 0.3 is 101 Å². The molecule has 0 aliphatic carbocycles. The maximum atomic E-state index is 2.84. The van der Waals surface area contributed by atoms with Gasteiger partial charge in [0.15, 0.2) is 0 Å². The molecular weight excluding hydrogens is 399 g/mol. The summed E-state index contributed by atoms with van der Waals surface area (Å²) in [6, 6.07) is 4.87. The number of rotatable bonds is 1. The van der Waals surface area contributed by atoms with Crippen LogP contribution in [0.4, 0.5) is 0 Å². The molecule has 1 aliphatic heterocycles. The van der Waals surface area contributed by atoms with Gasteiger partial charge < -0.3 is 0 Å². The van der Waals surface area contributed by atoms with Crippen molar-refractivity contribution in [3.05, 3.63) is 34.4 Å². The Labute approximate surface area is 101 Å². The molecule has 14 heavy (non-hydrogen) atoms. The summed E-state index contributed by atoms with van der Waals surface area (Å²) < 4.78 is 4.38. The van der Waals surface area contributed by atoms with E-state index in [4.69, 9.17) is 0 Å². The summed E-state index contributed by atoms with van der Waals surface area (Å²) in [6.45, 7) is 6.86. The first kappa shape index (κ1) is 11.2. The molecule has 2 rings (SSSR count). The predicted molar refractivity (Wildman–Crippen MR) is 73.6 cm³/mol. The normalized spacial score (nSPS) is 20.6. The third-order valence-corrected chi connectivity index (χ3v) is 19.2. The van der Waals surface area contributed by atoms with Crippen molar-refractivity contribution >= 4 is 32.9 Å². The molecule has 0 bridgehead atoms. The van der Waals surface area contributed by atoms with Gasteiger partial charge in [0.25, 0.3) is 0 Å². The number of benzene rings is 1. The Morgan fingerprint density at radius 2 is 1.57 bits per heavy atom. The molecule has 0 N–H and O–H groups in total. The Morgan fingerprint density at radius 1 is 1.14 bits per heavy atom. The number of hydrogen-bond acceptors (Lipinski definition) is 0. The fourth-order valence-electron chi connectivity index (χ4n) is 2.02. The molecule has 1 aromatic carbocycles. The van der Waals surface area contributed by atoms with Gasteiger partial charge in [-0.15, -0.1) is 0 Å². The van der Waals surface area contributed by atoms with Gasteiger partial charge in [0.1, 0.15) is 0 Å². The van der Waals surface area contributed by atoms with Crippen molar-refractivity contribution in [1.29, 1.82) is 0 Å². The topological polar surface area (TPSA) is 0 Å². The van der Waals surface area contributed by atoms with Gasteiger partial charge in [-0.2, -0.15) is 0 Å². The molecule has 0 amide bonds. The van der Waals surface area contributed by atoms with Crippen LogP contribution in [0, 0.1) is 13.8 Å². The first-order chi connectivity index (χ1) is 6.54. The minimum atomic E-state index is -1.47. The van der Waals surface area contributed by atoms with Crippen LogP contribution in [-0.4, -0.2) is 14.2 Å². The third-order valence-electron chi connectivity index (χ3n) is 3.16. The molecule has 0 spiro atoms. The molecule has 0 aromatic heterocycles. The molecule has 0 nitrogen and oxygen atoms in total. The molecular formula is C12H17ITe. The van der Waals surface area contributed by atoms with E-state index in [0.29, 0.717) is 0 Å². The van der Waals surface area contributed by atoms with Crippen LogP contribution in [0.3, 0.4) is 0 Å². The summed E-state index contributed by atoms with van der Waals surface area (Å²) in [7, 11) is 0. The Hall–Kier alpha value is 0.740. The van der Waals surface area contributed by atoms with E-state index in [1.54, 1.807) is 11.1 Å². The first-order valence-electron chi connectivity index (χ1n) is 5.09. The quantitative estimate of drug-likeness (QED) is 0.482. The Morgan fingerprint density at radius 3 is 1.93 bits per heavy atom. The Bertz CT molecular complexity index is 340. The third kappa shape index (κ3) is 1.99. The van der Waals surface area contributed by atoms with Crippen molar-refractivity contribution in [2.75, 3.05) is 0 Å². The van der Waals surface area contributed by atoms with Crippen LogP contribution in [0.25, 0.3) is 0 Å². The Balaban J connectivity index is 2.41. The average Bonchev–Trinajstić information content (AvgIpc) is 2.43. The molecule has 1 aliphatic rings. The second-order valence-corrected chi connectivity index (χ2v) is 25.4. The van der Waals surface area contributed by atoms with Gasteiger partial charge in [0, 0.05) is 0 Å². The monoisotopic (exact) mass is 418 g/mol. The van der Waals surface area contributed by atoms with Gasteiger partial charge in [-0.25, -0.2) is 0 Å². The van der Waals surface area contributed by atoms with Gasteiger partial charge in [-0.1, -0.05) is 0 Å². The van der Waals surface area contributed by atoms with Crippen LogP contribution in [0.5, 0.6) is 0 Å². The van der Waals surface area contributed by atoms with E-state index in [1.165, 1.54) is 24.5 Å². The molecule has 0 unspecified atom stereocenters. The molecule has 78 valence electrons. The summed E-state index contributed by atoms with van der Waals surface area (Å²) in [5.41, 5.74) is 6.29. The molecule has 1 aromatic rings. The molecule has 0 fully saturated rings. The second-order valence-electron chi connectivity index (χ2n) is 4.22. The van der Waals surface area contributed by atoms with E-state index in [9.17, 15) is 0 Å². The summed E-state index contributed by atoms with van der Waals surface area (Å²) in [4.78, 5) is 0. The van der Waals surface area contributed by atoms with Gasteiger partial charge in [0.2, 0.25) is 0 Å².